The first-order chi connectivity index (χ1) is 12.1. The van der Waals surface area contributed by atoms with Crippen molar-refractivity contribution in [1.82, 2.24) is 9.97 Å². The molecule has 2 aromatic carbocycles. The van der Waals surface area contributed by atoms with Crippen molar-refractivity contribution in [2.24, 2.45) is 0 Å². The number of methoxy groups -OCH3 is 2. The maximum absolute atomic E-state index is 5.87. The molecule has 0 fully saturated rings. The van der Waals surface area contributed by atoms with Crippen LogP contribution in [0.2, 0.25) is 0 Å². The van der Waals surface area contributed by atoms with E-state index in [9.17, 15) is 0 Å². The highest BCUT2D eigenvalue weighted by Crippen LogP contribution is 2.41. The summed E-state index contributed by atoms with van der Waals surface area (Å²) in [4.78, 5) is 10.6. The summed E-state index contributed by atoms with van der Waals surface area (Å²) in [6.07, 6.45) is 0. The van der Waals surface area contributed by atoms with Crippen LogP contribution in [0.4, 0.5) is 5.95 Å². The summed E-state index contributed by atoms with van der Waals surface area (Å²) >= 11 is 1.55. The van der Waals surface area contributed by atoms with Gasteiger partial charge >= 0.3 is 0 Å². The van der Waals surface area contributed by atoms with Gasteiger partial charge in [0.1, 0.15) is 10.6 Å². The van der Waals surface area contributed by atoms with Gasteiger partial charge in [0.05, 0.1) is 19.9 Å². The molecule has 3 aromatic rings. The molecule has 6 heteroatoms. The van der Waals surface area contributed by atoms with E-state index in [2.05, 4.69) is 41.2 Å². The number of nitrogen functional groups attached to an aromatic ring is 1. The predicted octanol–water partition coefficient (Wildman–Crippen LogP) is 4.20. The topological polar surface area (TPSA) is 70.3 Å². The van der Waals surface area contributed by atoms with Crippen molar-refractivity contribution in [1.29, 1.82) is 0 Å². The molecule has 0 spiro atoms. The number of anilines is 1. The fourth-order valence-corrected chi connectivity index (χ4v) is 3.33. The van der Waals surface area contributed by atoms with Crippen molar-refractivity contribution < 1.29 is 9.47 Å². The zero-order valence-electron chi connectivity index (χ0n) is 14.3. The Morgan fingerprint density at radius 1 is 0.880 bits per heavy atom. The zero-order chi connectivity index (χ0) is 17.8. The Labute approximate surface area is 151 Å². The highest BCUT2D eigenvalue weighted by molar-refractivity contribution is 7.99. The molecule has 0 unspecified atom stereocenters. The summed E-state index contributed by atoms with van der Waals surface area (Å²) in [6, 6.07) is 15.9. The molecule has 25 heavy (non-hydrogen) atoms. The van der Waals surface area contributed by atoms with Crippen LogP contribution in [0.5, 0.6) is 11.6 Å². The highest BCUT2D eigenvalue weighted by Gasteiger charge is 2.17. The first kappa shape index (κ1) is 17.1. The second-order valence-electron chi connectivity index (χ2n) is 5.41. The van der Waals surface area contributed by atoms with Gasteiger partial charge < -0.3 is 15.2 Å². The molecule has 5 nitrogen and oxygen atoms in total. The Morgan fingerprint density at radius 3 is 2.16 bits per heavy atom. The number of ether oxygens (including phenoxy) is 2. The lowest BCUT2D eigenvalue weighted by Gasteiger charge is -2.13. The van der Waals surface area contributed by atoms with E-state index in [1.54, 1.807) is 26.0 Å². The predicted molar refractivity (Wildman–Crippen MR) is 100 cm³/mol. The van der Waals surface area contributed by atoms with Crippen LogP contribution < -0.4 is 15.2 Å². The van der Waals surface area contributed by atoms with Gasteiger partial charge in [-0.3, -0.25) is 0 Å². The van der Waals surface area contributed by atoms with E-state index in [0.29, 0.717) is 5.88 Å². The van der Waals surface area contributed by atoms with Crippen molar-refractivity contribution >= 4 is 17.7 Å². The summed E-state index contributed by atoms with van der Waals surface area (Å²) in [7, 11) is 3.22. The number of nitrogens with zero attached hydrogens (tertiary/aromatic N) is 2. The smallest absolute Gasteiger partial charge is 0.233 e. The highest BCUT2D eigenvalue weighted by atomic mass is 32.2. The van der Waals surface area contributed by atoms with Crippen molar-refractivity contribution in [3.63, 3.8) is 0 Å². The van der Waals surface area contributed by atoms with Crippen molar-refractivity contribution in [2.75, 3.05) is 20.0 Å². The van der Waals surface area contributed by atoms with Crippen molar-refractivity contribution in [2.45, 2.75) is 16.7 Å². The summed E-state index contributed by atoms with van der Waals surface area (Å²) in [5.74, 6) is 1.42. The third-order valence-corrected chi connectivity index (χ3v) is 4.73. The van der Waals surface area contributed by atoms with Gasteiger partial charge in [-0.2, -0.15) is 4.98 Å². The number of benzene rings is 2. The van der Waals surface area contributed by atoms with Gasteiger partial charge in [0.15, 0.2) is 0 Å². The van der Waals surface area contributed by atoms with Gasteiger partial charge in [-0.15, -0.1) is 0 Å². The average molecular weight is 353 g/mol. The van der Waals surface area contributed by atoms with E-state index in [-0.39, 0.29) is 5.95 Å². The fourth-order valence-electron chi connectivity index (χ4n) is 2.35. The Kier molecular flexibility index (Phi) is 5.09. The van der Waals surface area contributed by atoms with Crippen LogP contribution in [0.1, 0.15) is 5.56 Å². The molecule has 128 valence electrons. The van der Waals surface area contributed by atoms with Crippen LogP contribution in [-0.2, 0) is 0 Å². The molecule has 0 aliphatic rings. The second-order valence-corrected chi connectivity index (χ2v) is 6.50. The summed E-state index contributed by atoms with van der Waals surface area (Å²) < 4.78 is 10.7. The SMILES string of the molecule is COc1ccc(-c2nc(N)nc(OC)c2Sc2ccc(C)cc2)cc1. The molecule has 0 radical (unpaired) electrons. The van der Waals surface area contributed by atoms with Gasteiger partial charge in [-0.1, -0.05) is 29.5 Å². The van der Waals surface area contributed by atoms with Crippen LogP contribution in [0.25, 0.3) is 11.3 Å². The molecule has 0 amide bonds. The Balaban J connectivity index is 2.09. The number of nitrogens with two attached hydrogens (primary N) is 1. The monoisotopic (exact) mass is 353 g/mol. The lowest BCUT2D eigenvalue weighted by Crippen LogP contribution is -2.02. The van der Waals surface area contributed by atoms with E-state index in [1.165, 1.54) is 5.56 Å². The first-order valence-electron chi connectivity index (χ1n) is 7.71. The summed E-state index contributed by atoms with van der Waals surface area (Å²) in [5.41, 5.74) is 8.74. The quantitative estimate of drug-likeness (QED) is 0.741. The average Bonchev–Trinajstić information content (AvgIpc) is 2.64. The van der Waals surface area contributed by atoms with Gasteiger partial charge in [-0.05, 0) is 43.3 Å². The van der Waals surface area contributed by atoms with E-state index in [1.807, 2.05) is 24.3 Å². The standard InChI is InChI=1S/C19H19N3O2S/c1-12-4-10-15(11-5-12)25-17-16(21-19(20)22-18(17)24-3)13-6-8-14(23-2)9-7-13/h4-11H,1-3H3,(H2,20,21,22). The van der Waals surface area contributed by atoms with Crippen LogP contribution >= 0.6 is 11.8 Å². The van der Waals surface area contributed by atoms with Crippen molar-refractivity contribution in [3.8, 4) is 22.9 Å². The third-order valence-electron chi connectivity index (χ3n) is 3.65. The molecule has 0 aliphatic carbocycles. The van der Waals surface area contributed by atoms with Crippen LogP contribution in [0, 0.1) is 6.92 Å². The van der Waals surface area contributed by atoms with Crippen LogP contribution in [0.15, 0.2) is 58.3 Å². The van der Waals surface area contributed by atoms with Gasteiger partial charge in [-0.25, -0.2) is 4.98 Å². The number of hydrogen-bond acceptors (Lipinski definition) is 6. The van der Waals surface area contributed by atoms with Crippen LogP contribution in [-0.4, -0.2) is 24.2 Å². The number of aryl methyl sites for hydroxylation is 1. The lowest BCUT2D eigenvalue weighted by atomic mass is 10.1. The molecule has 0 aliphatic heterocycles. The lowest BCUT2D eigenvalue weighted by molar-refractivity contribution is 0.387. The minimum Gasteiger partial charge on any atom is -0.497 e. The summed E-state index contributed by atoms with van der Waals surface area (Å²) in [6.45, 7) is 2.06. The Hall–Kier alpha value is -2.73. The largest absolute Gasteiger partial charge is 0.497 e. The second kappa shape index (κ2) is 7.44. The number of rotatable bonds is 5. The zero-order valence-corrected chi connectivity index (χ0v) is 15.1. The molecular formula is C19H19N3O2S. The fraction of sp³-hybridized carbons (Fsp3) is 0.158. The molecule has 0 saturated heterocycles. The Morgan fingerprint density at radius 2 is 1.56 bits per heavy atom. The Bertz CT molecular complexity index is 865. The normalized spacial score (nSPS) is 10.5. The van der Waals surface area contributed by atoms with E-state index >= 15 is 0 Å². The summed E-state index contributed by atoms with van der Waals surface area (Å²) in [5, 5.41) is 0. The number of aromatic nitrogens is 2. The number of hydrogen-bond donors (Lipinski definition) is 1. The molecule has 3 rings (SSSR count). The molecular weight excluding hydrogens is 334 g/mol. The van der Waals surface area contributed by atoms with Gasteiger partial charge in [0.25, 0.3) is 0 Å². The minimum atomic E-state index is 0.177. The van der Waals surface area contributed by atoms with E-state index in [0.717, 1.165) is 26.8 Å². The maximum Gasteiger partial charge on any atom is 0.233 e. The minimum absolute atomic E-state index is 0.177. The first-order valence-corrected chi connectivity index (χ1v) is 8.53. The third kappa shape index (κ3) is 3.85. The molecule has 0 atom stereocenters. The van der Waals surface area contributed by atoms with E-state index < -0.39 is 0 Å². The van der Waals surface area contributed by atoms with Crippen LogP contribution in [0.3, 0.4) is 0 Å². The van der Waals surface area contributed by atoms with Crippen molar-refractivity contribution in [3.05, 3.63) is 54.1 Å². The van der Waals surface area contributed by atoms with E-state index in [4.69, 9.17) is 15.2 Å². The maximum atomic E-state index is 5.87. The molecule has 0 saturated carbocycles. The van der Waals surface area contributed by atoms with Gasteiger partial charge in [0, 0.05) is 10.5 Å². The molecule has 2 N–H and O–H groups in total. The molecule has 1 heterocycles. The van der Waals surface area contributed by atoms with Gasteiger partial charge in [0.2, 0.25) is 11.8 Å². The molecule has 0 bridgehead atoms. The molecule has 1 aromatic heterocycles.